The van der Waals surface area contributed by atoms with E-state index < -0.39 is 0 Å². The van der Waals surface area contributed by atoms with Gasteiger partial charge in [0.05, 0.1) is 0 Å². The summed E-state index contributed by atoms with van der Waals surface area (Å²) in [6.45, 7) is 7.85. The summed E-state index contributed by atoms with van der Waals surface area (Å²) < 4.78 is 11.6. The Bertz CT molecular complexity index is 378. The minimum Gasteiger partial charge on any atom is -0.486 e. The zero-order valence-electron chi connectivity index (χ0n) is 10.5. The summed E-state index contributed by atoms with van der Waals surface area (Å²) in [5, 5.41) is 0. The minimum absolute atomic E-state index is 0.0872. The lowest BCUT2D eigenvalue weighted by Crippen LogP contribution is -2.40. The lowest BCUT2D eigenvalue weighted by Gasteiger charge is -2.30. The Hall–Kier alpha value is -1.42. The highest BCUT2D eigenvalue weighted by Crippen LogP contribution is 2.33. The predicted molar refractivity (Wildman–Crippen MR) is 68.6 cm³/mol. The SMILES string of the molecule is CCN(CC)C[C@H]1COc2ccc(N)cc2O1. The van der Waals surface area contributed by atoms with Gasteiger partial charge in [0.25, 0.3) is 0 Å². The number of fused-ring (bicyclic) bond motifs is 1. The molecule has 4 heteroatoms. The van der Waals surface area contributed by atoms with E-state index in [1.54, 1.807) is 0 Å². The van der Waals surface area contributed by atoms with Gasteiger partial charge in [-0.2, -0.15) is 0 Å². The van der Waals surface area contributed by atoms with Gasteiger partial charge in [0.1, 0.15) is 12.7 Å². The molecule has 0 saturated heterocycles. The summed E-state index contributed by atoms with van der Waals surface area (Å²) in [5.41, 5.74) is 6.44. The Morgan fingerprint density at radius 3 is 2.76 bits per heavy atom. The first-order chi connectivity index (χ1) is 8.22. The fourth-order valence-electron chi connectivity index (χ4n) is 1.99. The second-order valence-electron chi connectivity index (χ2n) is 4.24. The van der Waals surface area contributed by atoms with Crippen molar-refractivity contribution in [1.29, 1.82) is 0 Å². The second kappa shape index (κ2) is 5.27. The molecule has 0 aromatic heterocycles. The van der Waals surface area contributed by atoms with Crippen molar-refractivity contribution in [2.45, 2.75) is 20.0 Å². The molecule has 0 bridgehead atoms. The Balaban J connectivity index is 2.02. The van der Waals surface area contributed by atoms with Gasteiger partial charge in [-0.25, -0.2) is 0 Å². The highest BCUT2D eigenvalue weighted by atomic mass is 16.6. The van der Waals surface area contributed by atoms with E-state index in [2.05, 4.69) is 18.7 Å². The van der Waals surface area contributed by atoms with E-state index in [0.717, 1.165) is 31.1 Å². The van der Waals surface area contributed by atoms with Crippen LogP contribution in [0.5, 0.6) is 11.5 Å². The predicted octanol–water partition coefficient (Wildman–Crippen LogP) is 1.75. The molecule has 0 aliphatic carbocycles. The molecule has 1 aliphatic rings. The maximum Gasteiger partial charge on any atom is 0.163 e. The molecule has 0 fully saturated rings. The molecule has 1 aliphatic heterocycles. The molecule has 1 atom stereocenters. The van der Waals surface area contributed by atoms with Crippen LogP contribution < -0.4 is 15.2 Å². The standard InChI is InChI=1S/C13H20N2O2/c1-3-15(4-2)8-11-9-16-12-6-5-10(14)7-13(12)17-11/h5-7,11H,3-4,8-9,14H2,1-2H3/t11-/m0/s1. The van der Waals surface area contributed by atoms with Gasteiger partial charge < -0.3 is 20.1 Å². The van der Waals surface area contributed by atoms with Crippen LogP contribution in [0.3, 0.4) is 0 Å². The maximum atomic E-state index is 5.90. The van der Waals surface area contributed by atoms with Crippen LogP contribution in [0, 0.1) is 0 Å². The number of likely N-dealkylation sites (N-methyl/N-ethyl adjacent to an activating group) is 1. The van der Waals surface area contributed by atoms with E-state index in [9.17, 15) is 0 Å². The van der Waals surface area contributed by atoms with E-state index >= 15 is 0 Å². The van der Waals surface area contributed by atoms with Crippen molar-refractivity contribution in [3.63, 3.8) is 0 Å². The van der Waals surface area contributed by atoms with Crippen LogP contribution in [-0.4, -0.2) is 37.2 Å². The summed E-state index contributed by atoms with van der Waals surface area (Å²) in [6.07, 6.45) is 0.0872. The second-order valence-corrected chi connectivity index (χ2v) is 4.24. The van der Waals surface area contributed by atoms with E-state index in [1.807, 2.05) is 18.2 Å². The molecular formula is C13H20N2O2. The number of nitrogens with zero attached hydrogens (tertiary/aromatic N) is 1. The molecule has 1 heterocycles. The maximum absolute atomic E-state index is 5.90. The van der Waals surface area contributed by atoms with Gasteiger partial charge in [-0.1, -0.05) is 13.8 Å². The summed E-state index contributed by atoms with van der Waals surface area (Å²) in [4.78, 5) is 2.32. The van der Waals surface area contributed by atoms with Crippen molar-refractivity contribution >= 4 is 5.69 Å². The zero-order chi connectivity index (χ0) is 12.3. The van der Waals surface area contributed by atoms with E-state index in [0.29, 0.717) is 12.3 Å². The quantitative estimate of drug-likeness (QED) is 0.809. The Morgan fingerprint density at radius 2 is 2.06 bits per heavy atom. The van der Waals surface area contributed by atoms with Crippen LogP contribution in [0.4, 0.5) is 5.69 Å². The molecule has 1 aromatic rings. The van der Waals surface area contributed by atoms with E-state index in [-0.39, 0.29) is 6.10 Å². The molecule has 0 amide bonds. The van der Waals surface area contributed by atoms with Gasteiger partial charge in [0.15, 0.2) is 11.5 Å². The molecule has 0 radical (unpaired) electrons. The summed E-state index contributed by atoms with van der Waals surface area (Å²) in [6, 6.07) is 5.51. The average molecular weight is 236 g/mol. The third kappa shape index (κ3) is 2.82. The first-order valence-electron chi connectivity index (χ1n) is 6.14. The molecule has 2 N–H and O–H groups in total. The number of hydrogen-bond donors (Lipinski definition) is 1. The number of ether oxygens (including phenoxy) is 2. The van der Waals surface area contributed by atoms with Crippen molar-refractivity contribution in [3.05, 3.63) is 18.2 Å². The topological polar surface area (TPSA) is 47.7 Å². The van der Waals surface area contributed by atoms with Crippen LogP contribution in [0.1, 0.15) is 13.8 Å². The smallest absolute Gasteiger partial charge is 0.163 e. The average Bonchev–Trinajstić information content (AvgIpc) is 2.35. The molecule has 4 nitrogen and oxygen atoms in total. The van der Waals surface area contributed by atoms with Crippen LogP contribution in [-0.2, 0) is 0 Å². The number of nitrogens with two attached hydrogens (primary N) is 1. The fraction of sp³-hybridized carbons (Fsp3) is 0.538. The van der Waals surface area contributed by atoms with Crippen molar-refractivity contribution in [3.8, 4) is 11.5 Å². The highest BCUT2D eigenvalue weighted by molar-refractivity contribution is 5.52. The van der Waals surface area contributed by atoms with Gasteiger partial charge in [-0.05, 0) is 25.2 Å². The van der Waals surface area contributed by atoms with Crippen LogP contribution >= 0.6 is 0 Å². The Kier molecular flexibility index (Phi) is 3.74. The first kappa shape index (κ1) is 12.0. The highest BCUT2D eigenvalue weighted by Gasteiger charge is 2.22. The van der Waals surface area contributed by atoms with Gasteiger partial charge in [0.2, 0.25) is 0 Å². The van der Waals surface area contributed by atoms with Crippen LogP contribution in [0.25, 0.3) is 0 Å². The Morgan fingerprint density at radius 1 is 1.29 bits per heavy atom. The molecule has 17 heavy (non-hydrogen) atoms. The summed E-state index contributed by atoms with van der Waals surface area (Å²) >= 11 is 0. The van der Waals surface area contributed by atoms with Crippen LogP contribution in [0.15, 0.2) is 18.2 Å². The minimum atomic E-state index is 0.0872. The number of benzene rings is 1. The van der Waals surface area contributed by atoms with Crippen molar-refractivity contribution in [2.24, 2.45) is 0 Å². The lowest BCUT2D eigenvalue weighted by atomic mass is 10.2. The first-order valence-corrected chi connectivity index (χ1v) is 6.14. The number of anilines is 1. The van der Waals surface area contributed by atoms with Crippen LogP contribution in [0.2, 0.25) is 0 Å². The van der Waals surface area contributed by atoms with Gasteiger partial charge >= 0.3 is 0 Å². The number of rotatable bonds is 4. The third-order valence-corrected chi connectivity index (χ3v) is 3.04. The zero-order valence-corrected chi connectivity index (χ0v) is 10.5. The molecule has 0 unspecified atom stereocenters. The molecule has 94 valence electrons. The largest absolute Gasteiger partial charge is 0.486 e. The molecular weight excluding hydrogens is 216 g/mol. The lowest BCUT2D eigenvalue weighted by molar-refractivity contribution is 0.0616. The van der Waals surface area contributed by atoms with E-state index in [1.165, 1.54) is 0 Å². The summed E-state index contributed by atoms with van der Waals surface area (Å²) in [7, 11) is 0. The summed E-state index contributed by atoms with van der Waals surface area (Å²) in [5.74, 6) is 1.54. The van der Waals surface area contributed by atoms with Gasteiger partial charge in [-0.3, -0.25) is 0 Å². The molecule has 0 spiro atoms. The molecule has 2 rings (SSSR count). The van der Waals surface area contributed by atoms with E-state index in [4.69, 9.17) is 15.2 Å². The van der Waals surface area contributed by atoms with Crippen molar-refractivity contribution in [2.75, 3.05) is 32.0 Å². The Labute approximate surface area is 102 Å². The van der Waals surface area contributed by atoms with Gasteiger partial charge in [0, 0.05) is 18.3 Å². The number of nitrogen functional groups attached to an aromatic ring is 1. The number of hydrogen-bond acceptors (Lipinski definition) is 4. The molecule has 1 aromatic carbocycles. The fourth-order valence-corrected chi connectivity index (χ4v) is 1.99. The van der Waals surface area contributed by atoms with Crippen molar-refractivity contribution < 1.29 is 9.47 Å². The monoisotopic (exact) mass is 236 g/mol. The van der Waals surface area contributed by atoms with Gasteiger partial charge in [-0.15, -0.1) is 0 Å². The van der Waals surface area contributed by atoms with Crippen molar-refractivity contribution in [1.82, 2.24) is 4.90 Å². The molecule has 0 saturated carbocycles. The third-order valence-electron chi connectivity index (χ3n) is 3.04. The normalized spacial score (nSPS) is 18.4.